The minimum Gasteiger partial charge on any atom is -0.490 e. The lowest BCUT2D eigenvalue weighted by molar-refractivity contribution is -0.119. The number of nitrogens with one attached hydrogen (secondary N) is 2. The van der Waals surface area contributed by atoms with Crippen molar-refractivity contribution in [3.8, 4) is 16.9 Å². The topological polar surface area (TPSA) is 97.4 Å². The van der Waals surface area contributed by atoms with Gasteiger partial charge in [0, 0.05) is 44.7 Å². The number of amides is 1. The first-order chi connectivity index (χ1) is 14.4. The van der Waals surface area contributed by atoms with Crippen molar-refractivity contribution in [3.63, 3.8) is 0 Å². The number of aryl methyl sites for hydroxylation is 1. The van der Waals surface area contributed by atoms with Crippen LogP contribution in [-0.4, -0.2) is 35.4 Å². The Morgan fingerprint density at radius 3 is 2.83 bits per heavy atom. The summed E-state index contributed by atoms with van der Waals surface area (Å²) in [5.74, 6) is 1.03. The predicted octanol–water partition coefficient (Wildman–Crippen LogP) is 2.06. The quantitative estimate of drug-likeness (QED) is 0.614. The number of nitrogens with two attached hydrogens (primary N) is 1. The molecule has 3 aromatic rings. The zero-order chi connectivity index (χ0) is 21.0. The van der Waals surface area contributed by atoms with E-state index in [2.05, 4.69) is 46.2 Å². The van der Waals surface area contributed by atoms with Crippen LogP contribution in [0.5, 0.6) is 5.75 Å². The van der Waals surface area contributed by atoms with Gasteiger partial charge in [0.25, 0.3) is 0 Å². The highest BCUT2D eigenvalue weighted by Gasteiger charge is 2.29. The molecule has 1 fully saturated rings. The third kappa shape index (κ3) is 3.18. The third-order valence-electron chi connectivity index (χ3n) is 6.08. The van der Waals surface area contributed by atoms with E-state index in [-0.39, 0.29) is 24.1 Å². The second-order valence-electron chi connectivity index (χ2n) is 8.24. The van der Waals surface area contributed by atoms with Gasteiger partial charge < -0.3 is 20.8 Å². The first kappa shape index (κ1) is 18.9. The van der Waals surface area contributed by atoms with Crippen LogP contribution in [0.2, 0.25) is 0 Å². The van der Waals surface area contributed by atoms with Crippen LogP contribution in [0.1, 0.15) is 25.1 Å². The summed E-state index contributed by atoms with van der Waals surface area (Å²) in [4.78, 5) is 11.6. The molecule has 1 aromatic heterocycles. The molecule has 30 heavy (non-hydrogen) atoms. The number of anilines is 1. The van der Waals surface area contributed by atoms with E-state index < -0.39 is 0 Å². The molecule has 2 aliphatic rings. The summed E-state index contributed by atoms with van der Waals surface area (Å²) in [7, 11) is 3.86. The maximum Gasteiger partial charge on any atom is 0.220 e. The van der Waals surface area contributed by atoms with E-state index in [1.54, 1.807) is 4.68 Å². The lowest BCUT2D eigenvalue weighted by Gasteiger charge is -2.20. The Labute approximate surface area is 174 Å². The van der Waals surface area contributed by atoms with Crippen molar-refractivity contribution in [2.45, 2.75) is 25.6 Å². The molecular weight excluding hydrogens is 380 g/mol. The summed E-state index contributed by atoms with van der Waals surface area (Å²) in [6, 6.07) is 10.4. The van der Waals surface area contributed by atoms with Crippen LogP contribution >= 0.6 is 0 Å². The van der Waals surface area contributed by atoms with Gasteiger partial charge >= 0.3 is 0 Å². The van der Waals surface area contributed by atoms with Crippen molar-refractivity contribution in [2.24, 2.45) is 18.7 Å². The number of carbonyl (C=O) groups excluding carboxylic acids is 1. The predicted molar refractivity (Wildman–Crippen MR) is 116 cm³/mol. The van der Waals surface area contributed by atoms with Crippen molar-refractivity contribution in [1.29, 1.82) is 0 Å². The van der Waals surface area contributed by atoms with E-state index in [4.69, 9.17) is 10.5 Å². The van der Waals surface area contributed by atoms with Gasteiger partial charge in [0.05, 0.1) is 16.6 Å². The molecule has 3 heterocycles. The van der Waals surface area contributed by atoms with Gasteiger partial charge in [-0.1, -0.05) is 6.07 Å². The molecule has 4 N–H and O–H groups in total. The number of rotatable bonds is 4. The second kappa shape index (κ2) is 7.00. The van der Waals surface area contributed by atoms with Crippen LogP contribution in [0, 0.1) is 5.92 Å². The maximum atomic E-state index is 11.6. The number of hydrogen-bond donors (Lipinski definition) is 3. The molecule has 0 saturated carbocycles. The molecule has 0 bridgehead atoms. The van der Waals surface area contributed by atoms with Gasteiger partial charge in [-0.2, -0.15) is 5.10 Å². The fraction of sp³-hybridized carbons (Fsp3) is 0.364. The van der Waals surface area contributed by atoms with E-state index in [0.29, 0.717) is 13.0 Å². The largest absolute Gasteiger partial charge is 0.490 e. The maximum absolute atomic E-state index is 11.6. The van der Waals surface area contributed by atoms with E-state index in [1.165, 1.54) is 0 Å². The highest BCUT2D eigenvalue weighted by molar-refractivity contribution is 5.90. The Morgan fingerprint density at radius 1 is 1.23 bits per heavy atom. The molecule has 1 saturated heterocycles. The summed E-state index contributed by atoms with van der Waals surface area (Å²) in [5.41, 5.74) is 14.5. The Bertz CT molecular complexity index is 1140. The highest BCUT2D eigenvalue weighted by Crippen LogP contribution is 2.37. The lowest BCUT2D eigenvalue weighted by Crippen LogP contribution is -2.34. The normalized spacial score (nSPS) is 21.7. The average molecular weight is 406 g/mol. The zero-order valence-electron chi connectivity index (χ0n) is 17.3. The van der Waals surface area contributed by atoms with E-state index in [0.717, 1.165) is 39.0 Å². The number of hydrazine groups is 1. The van der Waals surface area contributed by atoms with Crippen molar-refractivity contribution in [2.75, 3.05) is 18.6 Å². The zero-order valence-corrected chi connectivity index (χ0v) is 17.3. The number of aromatic nitrogens is 2. The van der Waals surface area contributed by atoms with Gasteiger partial charge in [-0.3, -0.25) is 9.48 Å². The van der Waals surface area contributed by atoms with Gasteiger partial charge in [0.1, 0.15) is 18.0 Å². The van der Waals surface area contributed by atoms with Crippen molar-refractivity contribution in [3.05, 3.63) is 42.1 Å². The average Bonchev–Trinajstić information content (AvgIpc) is 3.39. The number of hydrogen-bond acceptors (Lipinski definition) is 6. The van der Waals surface area contributed by atoms with Gasteiger partial charge in [-0.05, 0) is 42.3 Å². The Morgan fingerprint density at radius 2 is 2.07 bits per heavy atom. The number of carbonyl (C=O) groups is 1. The monoisotopic (exact) mass is 406 g/mol. The SMILES string of the molecule is C[C@@H](Oc1cc(-c2ccc3c(c2)C(N)NN3C)cc2nn(C)cc12)[C@H]1CNC(=O)C1. The Kier molecular flexibility index (Phi) is 4.41. The van der Waals surface area contributed by atoms with Crippen molar-refractivity contribution >= 4 is 22.5 Å². The van der Waals surface area contributed by atoms with Crippen molar-refractivity contribution in [1.82, 2.24) is 20.5 Å². The molecule has 1 unspecified atom stereocenters. The smallest absolute Gasteiger partial charge is 0.220 e. The number of nitrogens with zero attached hydrogens (tertiary/aromatic N) is 3. The van der Waals surface area contributed by atoms with Crippen molar-refractivity contribution < 1.29 is 9.53 Å². The number of fused-ring (bicyclic) bond motifs is 2. The summed E-state index contributed by atoms with van der Waals surface area (Å²) in [6.07, 6.45) is 2.15. The van der Waals surface area contributed by atoms with E-state index in [9.17, 15) is 4.79 Å². The van der Waals surface area contributed by atoms with Crippen LogP contribution in [-0.2, 0) is 11.8 Å². The second-order valence-corrected chi connectivity index (χ2v) is 8.24. The Hall–Kier alpha value is -3.10. The highest BCUT2D eigenvalue weighted by atomic mass is 16.5. The van der Waals surface area contributed by atoms with Crippen LogP contribution < -0.4 is 26.2 Å². The summed E-state index contributed by atoms with van der Waals surface area (Å²) in [5, 5.41) is 10.4. The van der Waals surface area contributed by atoms with Crippen LogP contribution in [0.3, 0.4) is 0 Å². The molecule has 156 valence electrons. The van der Waals surface area contributed by atoms with E-state index >= 15 is 0 Å². The van der Waals surface area contributed by atoms with E-state index in [1.807, 2.05) is 32.2 Å². The first-order valence-electron chi connectivity index (χ1n) is 10.2. The summed E-state index contributed by atoms with van der Waals surface area (Å²) >= 11 is 0. The fourth-order valence-electron chi connectivity index (χ4n) is 4.37. The van der Waals surface area contributed by atoms with Gasteiger partial charge in [-0.25, -0.2) is 5.43 Å². The molecule has 3 atom stereocenters. The minimum atomic E-state index is -0.230. The molecule has 1 amide bonds. The standard InChI is InChI=1S/C22H26N6O2/c1-12(15-9-21(29)24-10-15)30-20-8-14(7-18-17(20)11-27(2)25-18)13-4-5-19-16(6-13)22(23)26-28(19)3/h4-8,11-12,15,22,26H,9-10,23H2,1-3H3,(H,24,29)/t12-,15-,22?/m1/s1. The van der Waals surface area contributed by atoms with Gasteiger partial charge in [-0.15, -0.1) is 0 Å². The first-order valence-corrected chi connectivity index (χ1v) is 10.2. The molecule has 5 rings (SSSR count). The van der Waals surface area contributed by atoms with Gasteiger partial charge in [0.15, 0.2) is 0 Å². The summed E-state index contributed by atoms with van der Waals surface area (Å²) in [6.45, 7) is 2.68. The molecule has 0 aliphatic carbocycles. The van der Waals surface area contributed by atoms with Crippen LogP contribution in [0.25, 0.3) is 22.0 Å². The molecule has 2 aromatic carbocycles. The lowest BCUT2D eigenvalue weighted by atomic mass is 9.99. The fourth-order valence-corrected chi connectivity index (χ4v) is 4.37. The molecule has 2 aliphatic heterocycles. The summed E-state index contributed by atoms with van der Waals surface area (Å²) < 4.78 is 8.17. The number of ether oxygens (including phenoxy) is 1. The molecule has 0 radical (unpaired) electrons. The molecule has 8 heteroatoms. The minimum absolute atomic E-state index is 0.0868. The molecule has 0 spiro atoms. The number of benzene rings is 2. The van der Waals surface area contributed by atoms with Gasteiger partial charge in [0.2, 0.25) is 5.91 Å². The molecular formula is C22H26N6O2. The Balaban J connectivity index is 1.54. The van der Waals surface area contributed by atoms with Crippen LogP contribution in [0.15, 0.2) is 36.5 Å². The molecule has 8 nitrogen and oxygen atoms in total. The van der Waals surface area contributed by atoms with Crippen LogP contribution in [0.4, 0.5) is 5.69 Å². The third-order valence-corrected chi connectivity index (χ3v) is 6.08.